The summed E-state index contributed by atoms with van der Waals surface area (Å²) in [6.07, 6.45) is -0.472. The minimum atomic E-state index is -0.472. The lowest BCUT2D eigenvalue weighted by Crippen LogP contribution is -2.45. The Kier molecular flexibility index (Phi) is 5.95. The second-order valence-corrected chi connectivity index (χ2v) is 4.19. The molecule has 0 radical (unpaired) electrons. The molecule has 0 aliphatic carbocycles. The van der Waals surface area contributed by atoms with E-state index in [1.165, 1.54) is 6.92 Å². The molecular weight excluding hydrogens is 268 g/mol. The zero-order valence-electron chi connectivity index (χ0n) is 10.6. The number of morpholine rings is 1. The molecule has 0 aromatic heterocycles. The first-order valence-corrected chi connectivity index (χ1v) is 5.91. The van der Waals surface area contributed by atoms with Crippen molar-refractivity contribution >= 4 is 29.8 Å². The summed E-state index contributed by atoms with van der Waals surface area (Å²) in [5.41, 5.74) is 1.19. The summed E-state index contributed by atoms with van der Waals surface area (Å²) >= 11 is 0. The lowest BCUT2D eigenvalue weighted by Gasteiger charge is -2.22. The van der Waals surface area contributed by atoms with Crippen LogP contribution in [0.25, 0.3) is 0 Å². The van der Waals surface area contributed by atoms with Gasteiger partial charge in [0.1, 0.15) is 6.10 Å². The fourth-order valence-corrected chi connectivity index (χ4v) is 1.77. The van der Waals surface area contributed by atoms with E-state index in [9.17, 15) is 9.59 Å². The molecule has 104 valence electrons. The fraction of sp³-hybridized carbons (Fsp3) is 0.385. The van der Waals surface area contributed by atoms with Crippen LogP contribution in [0.3, 0.4) is 0 Å². The van der Waals surface area contributed by atoms with E-state index in [1.807, 2.05) is 0 Å². The van der Waals surface area contributed by atoms with Crippen molar-refractivity contribution in [2.45, 2.75) is 13.0 Å². The summed E-state index contributed by atoms with van der Waals surface area (Å²) in [6, 6.07) is 6.88. The first-order chi connectivity index (χ1) is 8.66. The minimum absolute atomic E-state index is 0. The second kappa shape index (κ2) is 7.23. The van der Waals surface area contributed by atoms with Gasteiger partial charge in [-0.3, -0.25) is 9.59 Å². The van der Waals surface area contributed by atoms with E-state index in [1.54, 1.807) is 24.3 Å². The largest absolute Gasteiger partial charge is 0.366 e. The second-order valence-electron chi connectivity index (χ2n) is 4.19. The molecule has 1 fully saturated rings. The smallest absolute Gasteiger partial charge is 0.254 e. The van der Waals surface area contributed by atoms with E-state index < -0.39 is 6.10 Å². The highest BCUT2D eigenvalue weighted by atomic mass is 35.5. The Labute approximate surface area is 118 Å². The lowest BCUT2D eigenvalue weighted by atomic mass is 10.1. The SMILES string of the molecule is CC(=O)c1cccc(NC(=O)C2CNCCO2)c1.Cl. The maximum atomic E-state index is 11.9. The number of anilines is 1. The molecular formula is C13H17ClN2O3. The quantitative estimate of drug-likeness (QED) is 0.820. The molecule has 0 saturated carbocycles. The van der Waals surface area contributed by atoms with Crippen molar-refractivity contribution in [3.63, 3.8) is 0 Å². The van der Waals surface area contributed by atoms with Gasteiger partial charge in [0.2, 0.25) is 0 Å². The minimum Gasteiger partial charge on any atom is -0.366 e. The summed E-state index contributed by atoms with van der Waals surface area (Å²) in [4.78, 5) is 23.1. The van der Waals surface area contributed by atoms with E-state index in [0.717, 1.165) is 6.54 Å². The monoisotopic (exact) mass is 284 g/mol. The Bertz CT molecular complexity index is 459. The number of carbonyl (C=O) groups is 2. The molecule has 0 spiro atoms. The van der Waals surface area contributed by atoms with Gasteiger partial charge in [0.25, 0.3) is 5.91 Å². The molecule has 1 unspecified atom stereocenters. The van der Waals surface area contributed by atoms with Crippen LogP contribution >= 0.6 is 12.4 Å². The normalized spacial score (nSPS) is 18.3. The Morgan fingerprint density at radius 1 is 1.42 bits per heavy atom. The number of rotatable bonds is 3. The molecule has 1 heterocycles. The highest BCUT2D eigenvalue weighted by molar-refractivity contribution is 5.98. The number of ether oxygens (including phenoxy) is 1. The van der Waals surface area contributed by atoms with Crippen molar-refractivity contribution in [3.05, 3.63) is 29.8 Å². The van der Waals surface area contributed by atoms with Gasteiger partial charge in [-0.05, 0) is 19.1 Å². The Morgan fingerprint density at radius 3 is 2.84 bits per heavy atom. The van der Waals surface area contributed by atoms with Crippen LogP contribution in [-0.2, 0) is 9.53 Å². The molecule has 19 heavy (non-hydrogen) atoms. The highest BCUT2D eigenvalue weighted by Crippen LogP contribution is 2.12. The van der Waals surface area contributed by atoms with Crippen LogP contribution in [0.1, 0.15) is 17.3 Å². The number of ketones is 1. The Hall–Kier alpha value is -1.43. The van der Waals surface area contributed by atoms with Gasteiger partial charge in [-0.1, -0.05) is 12.1 Å². The van der Waals surface area contributed by atoms with Gasteiger partial charge in [0.05, 0.1) is 6.61 Å². The van der Waals surface area contributed by atoms with E-state index in [-0.39, 0.29) is 24.1 Å². The molecule has 1 aliphatic heterocycles. The maximum Gasteiger partial charge on any atom is 0.254 e. The summed E-state index contributed by atoms with van der Waals surface area (Å²) in [5.74, 6) is -0.218. The summed E-state index contributed by atoms with van der Waals surface area (Å²) in [5, 5.41) is 5.84. The standard InChI is InChI=1S/C13H16N2O3.ClH/c1-9(16)10-3-2-4-11(7-10)15-13(17)12-8-14-5-6-18-12;/h2-4,7,12,14H,5-6,8H2,1H3,(H,15,17);1H. The van der Waals surface area contributed by atoms with Crippen LogP contribution in [0.2, 0.25) is 0 Å². The van der Waals surface area contributed by atoms with Gasteiger partial charge >= 0.3 is 0 Å². The average Bonchev–Trinajstić information content (AvgIpc) is 2.40. The predicted octanol–water partition coefficient (Wildman–Crippen LogP) is 1.24. The predicted molar refractivity (Wildman–Crippen MR) is 74.9 cm³/mol. The van der Waals surface area contributed by atoms with Crippen LogP contribution in [0, 0.1) is 0 Å². The fourth-order valence-electron chi connectivity index (χ4n) is 1.77. The number of carbonyl (C=O) groups excluding carboxylic acids is 2. The van der Waals surface area contributed by atoms with E-state index in [2.05, 4.69) is 10.6 Å². The molecule has 6 heteroatoms. The van der Waals surface area contributed by atoms with Crippen LogP contribution in [0.5, 0.6) is 0 Å². The third kappa shape index (κ3) is 4.31. The zero-order chi connectivity index (χ0) is 13.0. The molecule has 1 saturated heterocycles. The number of hydrogen-bond donors (Lipinski definition) is 2. The van der Waals surface area contributed by atoms with Crippen molar-refractivity contribution in [2.24, 2.45) is 0 Å². The van der Waals surface area contributed by atoms with Gasteiger partial charge in [-0.2, -0.15) is 0 Å². The van der Waals surface area contributed by atoms with Gasteiger partial charge < -0.3 is 15.4 Å². The van der Waals surface area contributed by atoms with Crippen LogP contribution in [-0.4, -0.2) is 37.5 Å². The van der Waals surface area contributed by atoms with Crippen LogP contribution < -0.4 is 10.6 Å². The first kappa shape index (κ1) is 15.6. The summed E-state index contributed by atoms with van der Waals surface area (Å²) in [6.45, 7) is 3.31. The van der Waals surface area contributed by atoms with Gasteiger partial charge in [-0.25, -0.2) is 0 Å². The summed E-state index contributed by atoms with van der Waals surface area (Å²) in [7, 11) is 0. The Balaban J connectivity index is 0.00000180. The summed E-state index contributed by atoms with van der Waals surface area (Å²) < 4.78 is 5.35. The first-order valence-electron chi connectivity index (χ1n) is 5.91. The number of nitrogens with one attached hydrogen (secondary N) is 2. The van der Waals surface area contributed by atoms with Crippen LogP contribution in [0.4, 0.5) is 5.69 Å². The van der Waals surface area contributed by atoms with Crippen molar-refractivity contribution in [3.8, 4) is 0 Å². The van der Waals surface area contributed by atoms with Crippen molar-refractivity contribution in [2.75, 3.05) is 25.0 Å². The van der Waals surface area contributed by atoms with E-state index in [4.69, 9.17) is 4.74 Å². The average molecular weight is 285 g/mol. The van der Waals surface area contributed by atoms with Gasteiger partial charge in [0, 0.05) is 24.3 Å². The van der Waals surface area contributed by atoms with E-state index in [0.29, 0.717) is 24.4 Å². The van der Waals surface area contributed by atoms with E-state index >= 15 is 0 Å². The molecule has 1 aliphatic rings. The van der Waals surface area contributed by atoms with Gasteiger partial charge in [-0.15, -0.1) is 12.4 Å². The molecule has 1 aromatic carbocycles. The number of amides is 1. The van der Waals surface area contributed by atoms with Gasteiger partial charge in [0.15, 0.2) is 5.78 Å². The molecule has 2 N–H and O–H groups in total. The number of benzene rings is 1. The Morgan fingerprint density at radius 2 is 2.21 bits per heavy atom. The number of Topliss-reactive ketones (excluding diaryl/α,β-unsaturated/α-hetero) is 1. The lowest BCUT2D eigenvalue weighted by molar-refractivity contribution is -0.128. The van der Waals surface area contributed by atoms with Crippen molar-refractivity contribution in [1.29, 1.82) is 0 Å². The molecule has 2 rings (SSSR count). The number of hydrogen-bond acceptors (Lipinski definition) is 4. The molecule has 0 bridgehead atoms. The molecule has 1 atom stereocenters. The maximum absolute atomic E-state index is 11.9. The topological polar surface area (TPSA) is 67.4 Å². The van der Waals surface area contributed by atoms with Crippen molar-refractivity contribution in [1.82, 2.24) is 5.32 Å². The number of halogens is 1. The van der Waals surface area contributed by atoms with Crippen LogP contribution in [0.15, 0.2) is 24.3 Å². The highest BCUT2D eigenvalue weighted by Gasteiger charge is 2.21. The third-order valence-electron chi connectivity index (χ3n) is 2.76. The third-order valence-corrected chi connectivity index (χ3v) is 2.76. The zero-order valence-corrected chi connectivity index (χ0v) is 11.5. The molecule has 5 nitrogen and oxygen atoms in total. The molecule has 1 amide bonds. The molecule has 1 aromatic rings. The van der Waals surface area contributed by atoms with Crippen molar-refractivity contribution < 1.29 is 14.3 Å².